The van der Waals surface area contributed by atoms with Crippen molar-refractivity contribution in [3.8, 4) is 0 Å². The molecule has 3 rings (SSSR count). The number of rotatable bonds is 9. The van der Waals surface area contributed by atoms with Crippen molar-refractivity contribution >= 4 is 23.1 Å². The zero-order chi connectivity index (χ0) is 18.9. The Morgan fingerprint density at radius 1 is 1.07 bits per heavy atom. The van der Waals surface area contributed by atoms with Crippen molar-refractivity contribution in [2.75, 3.05) is 68.0 Å². The molecule has 0 amide bonds. The van der Waals surface area contributed by atoms with Crippen molar-refractivity contribution in [3.05, 3.63) is 36.5 Å². The smallest absolute Gasteiger partial charge is 0.224 e. The Morgan fingerprint density at radius 3 is 2.52 bits per heavy atom. The summed E-state index contributed by atoms with van der Waals surface area (Å²) in [6.07, 6.45) is 1.77. The molecule has 0 radical (unpaired) electrons. The Balaban J connectivity index is 1.52. The van der Waals surface area contributed by atoms with E-state index in [0.29, 0.717) is 5.95 Å². The first-order valence-corrected chi connectivity index (χ1v) is 9.77. The number of nitrogens with zero attached hydrogens (tertiary/aromatic N) is 4. The van der Waals surface area contributed by atoms with Gasteiger partial charge in [-0.3, -0.25) is 4.90 Å². The fourth-order valence-electron chi connectivity index (χ4n) is 3.16. The van der Waals surface area contributed by atoms with Crippen LogP contribution < -0.4 is 15.5 Å². The fourth-order valence-corrected chi connectivity index (χ4v) is 3.16. The summed E-state index contributed by atoms with van der Waals surface area (Å²) in [4.78, 5) is 13.6. The van der Waals surface area contributed by atoms with Gasteiger partial charge in [-0.05, 0) is 44.2 Å². The van der Waals surface area contributed by atoms with Crippen molar-refractivity contribution < 1.29 is 4.74 Å². The van der Waals surface area contributed by atoms with E-state index in [2.05, 4.69) is 68.5 Å². The van der Waals surface area contributed by atoms with Gasteiger partial charge in [-0.25, -0.2) is 4.98 Å². The molecule has 2 heterocycles. The quantitative estimate of drug-likeness (QED) is 0.703. The SMILES string of the molecule is CCN(CC)c1ccc(Nc2ccnc(NCCN3CCOCC3)n2)cc1. The summed E-state index contributed by atoms with van der Waals surface area (Å²) in [6.45, 7) is 11.8. The number of morpholine rings is 1. The van der Waals surface area contributed by atoms with E-state index in [0.717, 1.165) is 64.0 Å². The molecule has 1 aliphatic rings. The maximum absolute atomic E-state index is 5.37. The van der Waals surface area contributed by atoms with Crippen LogP contribution in [0.3, 0.4) is 0 Å². The van der Waals surface area contributed by atoms with Gasteiger partial charge in [-0.2, -0.15) is 4.98 Å². The van der Waals surface area contributed by atoms with Crippen LogP contribution in [0.5, 0.6) is 0 Å². The lowest BCUT2D eigenvalue weighted by Gasteiger charge is -2.26. The lowest BCUT2D eigenvalue weighted by Crippen LogP contribution is -2.39. The van der Waals surface area contributed by atoms with E-state index in [1.54, 1.807) is 6.20 Å². The van der Waals surface area contributed by atoms with Gasteiger partial charge in [0.15, 0.2) is 0 Å². The maximum atomic E-state index is 5.37. The topological polar surface area (TPSA) is 65.5 Å². The van der Waals surface area contributed by atoms with Crippen LogP contribution >= 0.6 is 0 Å². The Hall–Kier alpha value is -2.38. The monoisotopic (exact) mass is 370 g/mol. The second-order valence-corrected chi connectivity index (χ2v) is 6.49. The van der Waals surface area contributed by atoms with E-state index in [9.17, 15) is 0 Å². The van der Waals surface area contributed by atoms with Crippen molar-refractivity contribution in [1.82, 2.24) is 14.9 Å². The minimum Gasteiger partial charge on any atom is -0.379 e. The van der Waals surface area contributed by atoms with E-state index >= 15 is 0 Å². The third-order valence-corrected chi connectivity index (χ3v) is 4.74. The van der Waals surface area contributed by atoms with Crippen molar-refractivity contribution in [2.24, 2.45) is 0 Å². The third kappa shape index (κ3) is 5.80. The highest BCUT2D eigenvalue weighted by Gasteiger charge is 2.09. The van der Waals surface area contributed by atoms with Crippen molar-refractivity contribution in [2.45, 2.75) is 13.8 Å². The average Bonchev–Trinajstić information content (AvgIpc) is 2.71. The van der Waals surface area contributed by atoms with E-state index in [4.69, 9.17) is 4.74 Å². The summed E-state index contributed by atoms with van der Waals surface area (Å²) in [5.41, 5.74) is 2.25. The van der Waals surface area contributed by atoms with Crippen LogP contribution in [-0.2, 0) is 4.74 Å². The molecule has 0 unspecified atom stereocenters. The van der Waals surface area contributed by atoms with E-state index in [1.807, 2.05) is 6.07 Å². The van der Waals surface area contributed by atoms with E-state index in [1.165, 1.54) is 5.69 Å². The standard InChI is InChI=1S/C20H30N6O/c1-3-26(4-2)18-7-5-17(6-8-18)23-19-9-10-21-20(24-19)22-11-12-25-13-15-27-16-14-25/h5-10H,3-4,11-16H2,1-2H3,(H2,21,22,23,24). The lowest BCUT2D eigenvalue weighted by atomic mass is 10.2. The molecule has 1 fully saturated rings. The van der Waals surface area contributed by atoms with Gasteiger partial charge in [0, 0.05) is 56.8 Å². The minimum atomic E-state index is 0.646. The van der Waals surface area contributed by atoms with Gasteiger partial charge < -0.3 is 20.3 Å². The number of hydrogen-bond acceptors (Lipinski definition) is 7. The van der Waals surface area contributed by atoms with Crippen LogP contribution in [0.2, 0.25) is 0 Å². The van der Waals surface area contributed by atoms with E-state index in [-0.39, 0.29) is 0 Å². The summed E-state index contributed by atoms with van der Waals surface area (Å²) in [7, 11) is 0. The first-order chi connectivity index (χ1) is 13.3. The lowest BCUT2D eigenvalue weighted by molar-refractivity contribution is 0.0398. The highest BCUT2D eigenvalue weighted by atomic mass is 16.5. The second-order valence-electron chi connectivity index (χ2n) is 6.49. The van der Waals surface area contributed by atoms with Gasteiger partial charge >= 0.3 is 0 Å². The zero-order valence-electron chi connectivity index (χ0n) is 16.3. The largest absolute Gasteiger partial charge is 0.379 e. The third-order valence-electron chi connectivity index (χ3n) is 4.74. The number of anilines is 4. The molecule has 0 bridgehead atoms. The number of hydrogen-bond donors (Lipinski definition) is 2. The summed E-state index contributed by atoms with van der Waals surface area (Å²) >= 11 is 0. The van der Waals surface area contributed by atoms with Crippen molar-refractivity contribution in [3.63, 3.8) is 0 Å². The predicted octanol–water partition coefficient (Wildman–Crippen LogP) is 2.81. The normalized spacial score (nSPS) is 14.7. The Morgan fingerprint density at radius 2 is 1.81 bits per heavy atom. The molecule has 1 saturated heterocycles. The Bertz CT molecular complexity index is 683. The van der Waals surface area contributed by atoms with Crippen LogP contribution in [0, 0.1) is 0 Å². The maximum Gasteiger partial charge on any atom is 0.224 e. The molecule has 2 N–H and O–H groups in total. The van der Waals surface area contributed by atoms with Gasteiger partial charge in [-0.1, -0.05) is 0 Å². The summed E-state index contributed by atoms with van der Waals surface area (Å²) in [6, 6.07) is 10.3. The van der Waals surface area contributed by atoms with Crippen LogP contribution in [0.25, 0.3) is 0 Å². The van der Waals surface area contributed by atoms with Crippen LogP contribution in [0.4, 0.5) is 23.1 Å². The highest BCUT2D eigenvalue weighted by Crippen LogP contribution is 2.20. The molecule has 7 nitrogen and oxygen atoms in total. The summed E-state index contributed by atoms with van der Waals surface area (Å²) < 4.78 is 5.37. The first-order valence-electron chi connectivity index (χ1n) is 9.77. The number of benzene rings is 1. The molecule has 1 aromatic carbocycles. The van der Waals surface area contributed by atoms with Gasteiger partial charge in [-0.15, -0.1) is 0 Å². The molecule has 1 aromatic heterocycles. The number of aromatic nitrogens is 2. The van der Waals surface area contributed by atoms with Gasteiger partial charge in [0.2, 0.25) is 5.95 Å². The number of ether oxygens (including phenoxy) is 1. The molecule has 0 spiro atoms. The zero-order valence-corrected chi connectivity index (χ0v) is 16.3. The summed E-state index contributed by atoms with van der Waals surface area (Å²) in [5.74, 6) is 1.43. The fraction of sp³-hybridized carbons (Fsp3) is 0.500. The number of nitrogens with one attached hydrogen (secondary N) is 2. The average molecular weight is 371 g/mol. The molecular weight excluding hydrogens is 340 g/mol. The van der Waals surface area contributed by atoms with E-state index < -0.39 is 0 Å². The van der Waals surface area contributed by atoms with Crippen LogP contribution in [0.1, 0.15) is 13.8 Å². The molecule has 0 atom stereocenters. The van der Waals surface area contributed by atoms with Gasteiger partial charge in [0.25, 0.3) is 0 Å². The minimum absolute atomic E-state index is 0.646. The molecule has 146 valence electrons. The molecule has 27 heavy (non-hydrogen) atoms. The molecule has 1 aliphatic heterocycles. The predicted molar refractivity (Wildman–Crippen MR) is 111 cm³/mol. The van der Waals surface area contributed by atoms with Crippen LogP contribution in [-0.4, -0.2) is 67.4 Å². The van der Waals surface area contributed by atoms with Gasteiger partial charge in [0.05, 0.1) is 13.2 Å². The molecule has 7 heteroatoms. The Labute approximate surface area is 161 Å². The molecular formula is C20H30N6O. The van der Waals surface area contributed by atoms with Gasteiger partial charge in [0.1, 0.15) is 5.82 Å². The molecule has 2 aromatic rings. The second kappa shape index (κ2) is 10.1. The van der Waals surface area contributed by atoms with Crippen molar-refractivity contribution in [1.29, 1.82) is 0 Å². The molecule has 0 aliphatic carbocycles. The highest BCUT2D eigenvalue weighted by molar-refractivity contribution is 5.61. The Kier molecular flexibility index (Phi) is 7.24. The van der Waals surface area contributed by atoms with Crippen LogP contribution in [0.15, 0.2) is 36.5 Å². The summed E-state index contributed by atoms with van der Waals surface area (Å²) in [5, 5.41) is 6.66. The first kappa shape index (κ1) is 19.4. The molecule has 0 saturated carbocycles.